The van der Waals surface area contributed by atoms with E-state index in [0.29, 0.717) is 5.56 Å². The molecule has 1 N–H and O–H groups in total. The van der Waals surface area contributed by atoms with Gasteiger partial charge < -0.3 is 10.0 Å². The van der Waals surface area contributed by atoms with E-state index in [1.807, 2.05) is 13.8 Å². The van der Waals surface area contributed by atoms with Crippen LogP contribution in [0.4, 0.5) is 0 Å². The maximum absolute atomic E-state index is 12.5. The number of fused-ring (bicyclic) bond motifs is 1. The van der Waals surface area contributed by atoms with Gasteiger partial charge in [-0.25, -0.2) is 9.67 Å². The van der Waals surface area contributed by atoms with Gasteiger partial charge in [-0.15, -0.1) is 0 Å². The summed E-state index contributed by atoms with van der Waals surface area (Å²) >= 11 is 0. The predicted molar refractivity (Wildman–Crippen MR) is 79.6 cm³/mol. The third-order valence-corrected chi connectivity index (χ3v) is 3.72. The number of carbonyl (C=O) groups excluding carboxylic acids is 1. The van der Waals surface area contributed by atoms with Crippen molar-refractivity contribution in [2.45, 2.75) is 38.8 Å². The zero-order chi connectivity index (χ0) is 15.9. The van der Waals surface area contributed by atoms with Crippen LogP contribution in [0.2, 0.25) is 0 Å². The van der Waals surface area contributed by atoms with E-state index in [0.717, 1.165) is 23.9 Å². The standard InChI is InChI=1S/C15H18N4O3/c1-9(2)19-14-10(7-17-19)5-11(6-16-14)15(22)18(8-13(20)21)12-3-4-12/h5-7,9,12H,3-4,8H2,1-2H3,(H,20,21). The monoisotopic (exact) mass is 302 g/mol. The number of carboxylic acids is 1. The molecule has 3 rings (SSSR count). The van der Waals surface area contributed by atoms with Gasteiger partial charge in [0.25, 0.3) is 5.91 Å². The van der Waals surface area contributed by atoms with Crippen molar-refractivity contribution in [3.05, 3.63) is 24.0 Å². The Kier molecular flexibility index (Phi) is 3.56. The minimum Gasteiger partial charge on any atom is -0.480 e. The van der Waals surface area contributed by atoms with Gasteiger partial charge in [0.15, 0.2) is 5.65 Å². The first-order valence-electron chi connectivity index (χ1n) is 7.33. The summed E-state index contributed by atoms with van der Waals surface area (Å²) in [6.07, 6.45) is 4.90. The van der Waals surface area contributed by atoms with Crippen LogP contribution in [-0.2, 0) is 4.79 Å². The van der Waals surface area contributed by atoms with Crippen LogP contribution in [0.25, 0.3) is 11.0 Å². The van der Waals surface area contributed by atoms with Crippen LogP contribution in [0.3, 0.4) is 0 Å². The van der Waals surface area contributed by atoms with E-state index >= 15 is 0 Å². The lowest BCUT2D eigenvalue weighted by molar-refractivity contribution is -0.137. The number of aromatic nitrogens is 3. The van der Waals surface area contributed by atoms with Crippen molar-refractivity contribution < 1.29 is 14.7 Å². The number of carbonyl (C=O) groups is 2. The molecule has 7 heteroatoms. The van der Waals surface area contributed by atoms with Gasteiger partial charge >= 0.3 is 5.97 Å². The Morgan fingerprint density at radius 3 is 2.73 bits per heavy atom. The lowest BCUT2D eigenvalue weighted by Crippen LogP contribution is -2.37. The van der Waals surface area contributed by atoms with Gasteiger partial charge in [0, 0.05) is 23.7 Å². The van der Waals surface area contributed by atoms with Crippen molar-refractivity contribution in [3.8, 4) is 0 Å². The second kappa shape index (κ2) is 5.40. The number of hydrogen-bond donors (Lipinski definition) is 1. The van der Waals surface area contributed by atoms with Crippen molar-refractivity contribution in [3.63, 3.8) is 0 Å². The third kappa shape index (κ3) is 2.66. The fourth-order valence-corrected chi connectivity index (χ4v) is 2.50. The van der Waals surface area contributed by atoms with Gasteiger partial charge in [-0.2, -0.15) is 5.10 Å². The van der Waals surface area contributed by atoms with E-state index in [-0.39, 0.29) is 24.5 Å². The zero-order valence-corrected chi connectivity index (χ0v) is 12.6. The highest BCUT2D eigenvalue weighted by Gasteiger charge is 2.34. The molecule has 22 heavy (non-hydrogen) atoms. The number of carboxylic acid groups (broad SMARTS) is 1. The maximum Gasteiger partial charge on any atom is 0.323 e. The molecule has 1 amide bonds. The molecule has 1 aliphatic rings. The summed E-state index contributed by atoms with van der Waals surface area (Å²) in [7, 11) is 0. The molecule has 1 aliphatic carbocycles. The molecule has 2 aromatic rings. The lowest BCUT2D eigenvalue weighted by atomic mass is 10.2. The van der Waals surface area contributed by atoms with Gasteiger partial charge in [-0.3, -0.25) is 9.59 Å². The molecule has 0 aromatic carbocycles. The molecule has 0 spiro atoms. The highest BCUT2D eigenvalue weighted by Crippen LogP contribution is 2.28. The van der Waals surface area contributed by atoms with E-state index in [2.05, 4.69) is 10.1 Å². The average molecular weight is 302 g/mol. The Bertz CT molecular complexity index is 733. The highest BCUT2D eigenvalue weighted by atomic mass is 16.4. The van der Waals surface area contributed by atoms with Gasteiger partial charge in [-0.1, -0.05) is 0 Å². The maximum atomic E-state index is 12.5. The number of amides is 1. The Labute approximate surface area is 127 Å². The fraction of sp³-hybridized carbons (Fsp3) is 0.467. The van der Waals surface area contributed by atoms with Gasteiger partial charge in [-0.05, 0) is 32.8 Å². The van der Waals surface area contributed by atoms with Crippen LogP contribution in [-0.4, -0.2) is 49.2 Å². The molecular weight excluding hydrogens is 284 g/mol. The summed E-state index contributed by atoms with van der Waals surface area (Å²) < 4.78 is 1.79. The molecule has 2 aromatic heterocycles. The van der Waals surface area contributed by atoms with Crippen LogP contribution in [0.1, 0.15) is 43.1 Å². The molecule has 0 bridgehead atoms. The van der Waals surface area contributed by atoms with Crippen LogP contribution in [0.5, 0.6) is 0 Å². The van der Waals surface area contributed by atoms with E-state index < -0.39 is 5.97 Å². The molecule has 7 nitrogen and oxygen atoms in total. The Balaban J connectivity index is 1.91. The fourth-order valence-electron chi connectivity index (χ4n) is 2.50. The van der Waals surface area contributed by atoms with Gasteiger partial charge in [0.05, 0.1) is 11.8 Å². The number of nitrogens with zero attached hydrogens (tertiary/aromatic N) is 4. The number of hydrogen-bond acceptors (Lipinski definition) is 4. The quantitative estimate of drug-likeness (QED) is 0.908. The van der Waals surface area contributed by atoms with Crippen molar-refractivity contribution in [2.24, 2.45) is 0 Å². The molecule has 1 saturated carbocycles. The first-order chi connectivity index (χ1) is 10.5. The first kappa shape index (κ1) is 14.5. The SMILES string of the molecule is CC(C)n1ncc2cc(C(=O)N(CC(=O)O)C3CC3)cnc21. The molecule has 0 radical (unpaired) electrons. The van der Waals surface area contributed by atoms with E-state index in [9.17, 15) is 9.59 Å². The van der Waals surface area contributed by atoms with E-state index in [4.69, 9.17) is 5.11 Å². The minimum absolute atomic E-state index is 0.0395. The molecule has 1 fully saturated rings. The summed E-state index contributed by atoms with van der Waals surface area (Å²) in [5.41, 5.74) is 1.13. The highest BCUT2D eigenvalue weighted by molar-refractivity contribution is 5.98. The van der Waals surface area contributed by atoms with E-state index in [1.54, 1.807) is 16.9 Å². The minimum atomic E-state index is -0.998. The lowest BCUT2D eigenvalue weighted by Gasteiger charge is -2.20. The number of aliphatic carboxylic acids is 1. The average Bonchev–Trinajstić information content (AvgIpc) is 3.21. The zero-order valence-electron chi connectivity index (χ0n) is 12.6. The number of rotatable bonds is 5. The predicted octanol–water partition coefficient (Wildman–Crippen LogP) is 1.70. The summed E-state index contributed by atoms with van der Waals surface area (Å²) in [4.78, 5) is 29.2. The summed E-state index contributed by atoms with van der Waals surface area (Å²) in [6.45, 7) is 3.75. The molecule has 116 valence electrons. The van der Waals surface area contributed by atoms with Crippen LogP contribution in [0.15, 0.2) is 18.5 Å². The topological polar surface area (TPSA) is 88.3 Å². The third-order valence-electron chi connectivity index (χ3n) is 3.72. The van der Waals surface area contributed by atoms with Gasteiger partial charge in [0.2, 0.25) is 0 Å². The van der Waals surface area contributed by atoms with Crippen molar-refractivity contribution in [1.82, 2.24) is 19.7 Å². The first-order valence-corrected chi connectivity index (χ1v) is 7.33. The molecule has 0 saturated heterocycles. The summed E-state index contributed by atoms with van der Waals surface area (Å²) in [5, 5.41) is 14.0. The van der Waals surface area contributed by atoms with Crippen molar-refractivity contribution in [2.75, 3.05) is 6.54 Å². The summed E-state index contributed by atoms with van der Waals surface area (Å²) in [6, 6.07) is 1.95. The largest absolute Gasteiger partial charge is 0.480 e. The van der Waals surface area contributed by atoms with Crippen LogP contribution < -0.4 is 0 Å². The Morgan fingerprint density at radius 1 is 1.41 bits per heavy atom. The molecule has 0 aliphatic heterocycles. The Hall–Kier alpha value is -2.44. The number of pyridine rings is 1. The van der Waals surface area contributed by atoms with Crippen molar-refractivity contribution in [1.29, 1.82) is 0 Å². The smallest absolute Gasteiger partial charge is 0.323 e. The summed E-state index contributed by atoms with van der Waals surface area (Å²) in [5.74, 6) is -1.28. The van der Waals surface area contributed by atoms with Crippen LogP contribution >= 0.6 is 0 Å². The Morgan fingerprint density at radius 2 is 2.14 bits per heavy atom. The molecule has 0 unspecified atom stereocenters. The second-order valence-electron chi connectivity index (χ2n) is 5.88. The van der Waals surface area contributed by atoms with Gasteiger partial charge in [0.1, 0.15) is 6.54 Å². The van der Waals surface area contributed by atoms with Crippen LogP contribution in [0, 0.1) is 0 Å². The molecular formula is C15H18N4O3. The van der Waals surface area contributed by atoms with Crippen molar-refractivity contribution >= 4 is 22.9 Å². The normalized spacial score (nSPS) is 14.5. The molecule has 2 heterocycles. The van der Waals surface area contributed by atoms with E-state index in [1.165, 1.54) is 11.1 Å². The second-order valence-corrected chi connectivity index (χ2v) is 5.88. The molecule has 0 atom stereocenters.